The molecule has 1 rings (SSSR count). The zero-order chi connectivity index (χ0) is 15.2. The number of ether oxygens (including phenoxy) is 1. The van der Waals surface area contributed by atoms with Gasteiger partial charge in [-0.05, 0) is 44.9 Å². The molecule has 0 unspecified atom stereocenters. The maximum atomic E-state index is 11.1. The lowest BCUT2D eigenvalue weighted by Crippen LogP contribution is -2.35. The molecule has 1 N–H and O–H groups in total. The van der Waals surface area contributed by atoms with Crippen LogP contribution in [0.4, 0.5) is 0 Å². The van der Waals surface area contributed by atoms with Gasteiger partial charge in [0.1, 0.15) is 0 Å². The van der Waals surface area contributed by atoms with Crippen molar-refractivity contribution in [2.75, 3.05) is 12.9 Å². The summed E-state index contributed by atoms with van der Waals surface area (Å²) in [6.45, 7) is 9.48. The standard InChI is InChI=1S/C16H25NO2S/c1-12-10-13(11-17-16(2,3)4)6-7-14(12)20-9-8-15(18)19-5/h6-7,10,17H,8-9,11H2,1-5H3. The lowest BCUT2D eigenvalue weighted by atomic mass is 10.1. The van der Waals surface area contributed by atoms with Crippen LogP contribution in [0.25, 0.3) is 0 Å². The van der Waals surface area contributed by atoms with Gasteiger partial charge in [-0.2, -0.15) is 0 Å². The summed E-state index contributed by atoms with van der Waals surface area (Å²) in [5, 5.41) is 3.48. The van der Waals surface area contributed by atoms with Crippen LogP contribution in [0.1, 0.15) is 38.3 Å². The first kappa shape index (κ1) is 17.1. The molecule has 0 aliphatic heterocycles. The van der Waals surface area contributed by atoms with Gasteiger partial charge in [0.15, 0.2) is 0 Å². The molecule has 0 fully saturated rings. The van der Waals surface area contributed by atoms with Crippen LogP contribution < -0.4 is 5.32 Å². The van der Waals surface area contributed by atoms with Crippen molar-refractivity contribution in [2.45, 2.75) is 51.1 Å². The fraction of sp³-hybridized carbons (Fsp3) is 0.562. The molecule has 0 bridgehead atoms. The summed E-state index contributed by atoms with van der Waals surface area (Å²) in [7, 11) is 1.43. The zero-order valence-corrected chi connectivity index (χ0v) is 13.9. The summed E-state index contributed by atoms with van der Waals surface area (Å²) in [4.78, 5) is 12.3. The smallest absolute Gasteiger partial charge is 0.306 e. The number of benzene rings is 1. The average molecular weight is 295 g/mol. The summed E-state index contributed by atoms with van der Waals surface area (Å²) >= 11 is 1.70. The van der Waals surface area contributed by atoms with E-state index in [1.54, 1.807) is 11.8 Å². The van der Waals surface area contributed by atoms with Crippen LogP contribution in [0.5, 0.6) is 0 Å². The number of hydrogen-bond donors (Lipinski definition) is 1. The van der Waals surface area contributed by atoms with Gasteiger partial charge in [-0.3, -0.25) is 4.79 Å². The molecule has 0 spiro atoms. The number of rotatable bonds is 6. The third kappa shape index (κ3) is 6.44. The molecule has 0 aliphatic rings. The summed E-state index contributed by atoms with van der Waals surface area (Å²) < 4.78 is 4.64. The lowest BCUT2D eigenvalue weighted by molar-refractivity contribution is -0.140. The molecule has 4 heteroatoms. The average Bonchev–Trinajstić information content (AvgIpc) is 2.37. The highest BCUT2D eigenvalue weighted by Gasteiger charge is 2.09. The Bertz CT molecular complexity index is 452. The van der Waals surface area contributed by atoms with Crippen LogP contribution in [0, 0.1) is 6.92 Å². The molecule has 1 aromatic rings. The van der Waals surface area contributed by atoms with Crippen LogP contribution in [-0.4, -0.2) is 24.4 Å². The molecule has 112 valence electrons. The Balaban J connectivity index is 2.53. The van der Waals surface area contributed by atoms with E-state index in [4.69, 9.17) is 0 Å². The Morgan fingerprint density at radius 3 is 2.60 bits per heavy atom. The molecule has 0 aromatic heterocycles. The number of methoxy groups -OCH3 is 1. The number of carbonyl (C=O) groups excluding carboxylic acids is 1. The molecular weight excluding hydrogens is 270 g/mol. The van der Waals surface area contributed by atoms with Crippen LogP contribution in [0.2, 0.25) is 0 Å². The highest BCUT2D eigenvalue weighted by atomic mass is 32.2. The number of thioether (sulfide) groups is 1. The van der Waals surface area contributed by atoms with Crippen LogP contribution in [0.3, 0.4) is 0 Å². The molecular formula is C16H25NO2S. The Morgan fingerprint density at radius 1 is 1.35 bits per heavy atom. The van der Waals surface area contributed by atoms with Gasteiger partial charge in [0.2, 0.25) is 0 Å². The molecule has 3 nitrogen and oxygen atoms in total. The predicted octanol–water partition coefficient (Wildman–Crippen LogP) is 3.54. The van der Waals surface area contributed by atoms with Crippen molar-refractivity contribution < 1.29 is 9.53 Å². The monoisotopic (exact) mass is 295 g/mol. The maximum Gasteiger partial charge on any atom is 0.306 e. The zero-order valence-electron chi connectivity index (χ0n) is 13.1. The van der Waals surface area contributed by atoms with Crippen LogP contribution in [-0.2, 0) is 16.1 Å². The van der Waals surface area contributed by atoms with E-state index >= 15 is 0 Å². The Morgan fingerprint density at radius 2 is 2.05 bits per heavy atom. The van der Waals surface area contributed by atoms with Gasteiger partial charge in [-0.25, -0.2) is 0 Å². The molecule has 0 aliphatic carbocycles. The SMILES string of the molecule is COC(=O)CCSc1ccc(CNC(C)(C)C)cc1C. The predicted molar refractivity (Wildman–Crippen MR) is 85.1 cm³/mol. The van der Waals surface area contributed by atoms with Crippen molar-refractivity contribution in [1.82, 2.24) is 5.32 Å². The Kier molecular flexibility index (Phi) is 6.56. The lowest BCUT2D eigenvalue weighted by Gasteiger charge is -2.21. The molecule has 0 saturated carbocycles. The maximum absolute atomic E-state index is 11.1. The molecule has 0 amide bonds. The number of hydrogen-bond acceptors (Lipinski definition) is 4. The fourth-order valence-electron chi connectivity index (χ4n) is 1.70. The Labute approximate surface area is 126 Å². The molecule has 0 radical (unpaired) electrons. The summed E-state index contributed by atoms with van der Waals surface area (Å²) in [5.41, 5.74) is 2.67. The minimum atomic E-state index is -0.152. The number of nitrogens with one attached hydrogen (secondary N) is 1. The highest BCUT2D eigenvalue weighted by Crippen LogP contribution is 2.24. The van der Waals surface area contributed by atoms with Crippen LogP contribution >= 0.6 is 11.8 Å². The molecule has 0 heterocycles. The third-order valence-electron chi connectivity index (χ3n) is 2.85. The van der Waals surface area contributed by atoms with Crippen LogP contribution in [0.15, 0.2) is 23.1 Å². The van der Waals surface area contributed by atoms with E-state index in [0.717, 1.165) is 12.3 Å². The van der Waals surface area contributed by atoms with Crippen molar-refractivity contribution in [3.63, 3.8) is 0 Å². The topological polar surface area (TPSA) is 38.3 Å². The first-order chi connectivity index (χ1) is 9.31. The van der Waals surface area contributed by atoms with Crippen molar-refractivity contribution in [3.05, 3.63) is 29.3 Å². The second kappa shape index (κ2) is 7.70. The van der Waals surface area contributed by atoms with E-state index in [1.165, 1.54) is 23.1 Å². The van der Waals surface area contributed by atoms with Crippen molar-refractivity contribution >= 4 is 17.7 Å². The molecule has 20 heavy (non-hydrogen) atoms. The largest absolute Gasteiger partial charge is 0.469 e. The normalized spacial score (nSPS) is 11.4. The number of esters is 1. The number of carbonyl (C=O) groups is 1. The fourth-order valence-corrected chi connectivity index (χ4v) is 2.64. The van der Waals surface area contributed by atoms with Crippen molar-refractivity contribution in [1.29, 1.82) is 0 Å². The number of aryl methyl sites for hydroxylation is 1. The van der Waals surface area contributed by atoms with Crippen molar-refractivity contribution in [3.8, 4) is 0 Å². The summed E-state index contributed by atoms with van der Waals surface area (Å²) in [6, 6.07) is 6.49. The Hall–Kier alpha value is -1.00. The van der Waals surface area contributed by atoms with E-state index in [9.17, 15) is 4.79 Å². The van der Waals surface area contributed by atoms with Gasteiger partial charge in [0.25, 0.3) is 0 Å². The highest BCUT2D eigenvalue weighted by molar-refractivity contribution is 7.99. The quantitative estimate of drug-likeness (QED) is 0.643. The minimum Gasteiger partial charge on any atom is -0.469 e. The van der Waals surface area contributed by atoms with E-state index in [2.05, 4.69) is 55.9 Å². The molecule has 0 saturated heterocycles. The van der Waals surface area contributed by atoms with Crippen molar-refractivity contribution in [2.24, 2.45) is 0 Å². The van der Waals surface area contributed by atoms with Gasteiger partial charge in [-0.1, -0.05) is 12.1 Å². The van der Waals surface area contributed by atoms with Gasteiger partial charge in [-0.15, -0.1) is 11.8 Å². The van der Waals surface area contributed by atoms with Gasteiger partial charge < -0.3 is 10.1 Å². The molecule has 1 aromatic carbocycles. The van der Waals surface area contributed by atoms with E-state index in [1.807, 2.05) is 0 Å². The van der Waals surface area contributed by atoms with Gasteiger partial charge in [0, 0.05) is 22.7 Å². The second-order valence-corrected chi connectivity index (χ2v) is 7.01. The first-order valence-electron chi connectivity index (χ1n) is 6.86. The van der Waals surface area contributed by atoms with Gasteiger partial charge >= 0.3 is 5.97 Å². The molecule has 0 atom stereocenters. The van der Waals surface area contributed by atoms with E-state index < -0.39 is 0 Å². The van der Waals surface area contributed by atoms with E-state index in [-0.39, 0.29) is 11.5 Å². The summed E-state index contributed by atoms with van der Waals surface area (Å²) in [6.07, 6.45) is 0.452. The minimum absolute atomic E-state index is 0.127. The van der Waals surface area contributed by atoms with Gasteiger partial charge in [0.05, 0.1) is 13.5 Å². The van der Waals surface area contributed by atoms with E-state index in [0.29, 0.717) is 6.42 Å². The second-order valence-electron chi connectivity index (χ2n) is 5.88. The first-order valence-corrected chi connectivity index (χ1v) is 7.84. The summed E-state index contributed by atoms with van der Waals surface area (Å²) in [5.74, 6) is 0.605. The third-order valence-corrected chi connectivity index (χ3v) is 4.03.